The largest absolute Gasteiger partial charge is 0.508 e. The lowest BCUT2D eigenvalue weighted by Crippen LogP contribution is -2.42. The van der Waals surface area contributed by atoms with Crippen molar-refractivity contribution < 1.29 is 5.11 Å². The fourth-order valence-corrected chi connectivity index (χ4v) is 3.87. The number of hydrogen-bond acceptors (Lipinski definition) is 3. The van der Waals surface area contributed by atoms with Crippen LogP contribution in [0.25, 0.3) is 0 Å². The van der Waals surface area contributed by atoms with E-state index in [9.17, 15) is 5.11 Å². The van der Waals surface area contributed by atoms with Gasteiger partial charge in [0.05, 0.1) is 0 Å². The molecule has 0 spiro atoms. The minimum absolute atomic E-state index is 0.385. The summed E-state index contributed by atoms with van der Waals surface area (Å²) in [5.74, 6) is 4.16. The number of nitrogens with zero attached hydrogens (tertiary/aromatic N) is 1. The Kier molecular flexibility index (Phi) is 5.79. The van der Waals surface area contributed by atoms with Crippen LogP contribution in [0.1, 0.15) is 38.8 Å². The zero-order valence-corrected chi connectivity index (χ0v) is 13.7. The summed E-state index contributed by atoms with van der Waals surface area (Å²) in [6.07, 6.45) is 1.28. The summed E-state index contributed by atoms with van der Waals surface area (Å²) >= 11 is 2.01. The molecular formula is C17H27NOS. The molecule has 1 heterocycles. The number of phenolic OH excluding ortho intramolecular Hbond substituents is 1. The fourth-order valence-electron chi connectivity index (χ4n) is 3.22. The van der Waals surface area contributed by atoms with Crippen LogP contribution in [-0.4, -0.2) is 34.6 Å². The molecule has 1 aliphatic heterocycles. The van der Waals surface area contributed by atoms with Crippen LogP contribution in [0.5, 0.6) is 5.75 Å². The molecule has 3 atom stereocenters. The van der Waals surface area contributed by atoms with E-state index in [1.807, 2.05) is 23.9 Å². The predicted molar refractivity (Wildman–Crippen MR) is 88.4 cm³/mol. The molecule has 20 heavy (non-hydrogen) atoms. The van der Waals surface area contributed by atoms with Crippen molar-refractivity contribution in [2.75, 3.05) is 24.6 Å². The van der Waals surface area contributed by atoms with E-state index in [4.69, 9.17) is 0 Å². The first-order valence-corrected chi connectivity index (χ1v) is 8.89. The van der Waals surface area contributed by atoms with Gasteiger partial charge in [0.1, 0.15) is 5.75 Å². The minimum Gasteiger partial charge on any atom is -0.508 e. The van der Waals surface area contributed by atoms with Crippen molar-refractivity contribution in [2.24, 2.45) is 11.8 Å². The van der Waals surface area contributed by atoms with Crippen molar-refractivity contribution in [2.45, 2.75) is 33.2 Å². The number of thioether (sulfide) groups is 1. The molecule has 0 radical (unpaired) electrons. The molecule has 2 nitrogen and oxygen atoms in total. The molecule has 0 saturated carbocycles. The van der Waals surface area contributed by atoms with Gasteiger partial charge in [-0.25, -0.2) is 0 Å². The topological polar surface area (TPSA) is 23.5 Å². The van der Waals surface area contributed by atoms with Crippen LogP contribution in [0.15, 0.2) is 24.3 Å². The van der Waals surface area contributed by atoms with E-state index in [-0.39, 0.29) is 0 Å². The highest BCUT2D eigenvalue weighted by Gasteiger charge is 2.33. The summed E-state index contributed by atoms with van der Waals surface area (Å²) in [5.41, 5.74) is 1.27. The Bertz CT molecular complexity index is 423. The van der Waals surface area contributed by atoms with Crippen molar-refractivity contribution in [1.29, 1.82) is 0 Å². The molecule has 2 rings (SSSR count). The highest BCUT2D eigenvalue weighted by Crippen LogP contribution is 2.39. The highest BCUT2D eigenvalue weighted by molar-refractivity contribution is 7.99. The standard InChI is InChI=1S/C17H27NOS/c1-4-20-11-10-18-9-8-13(2)14(3)17(18)15-6-5-7-16(19)12-15/h5-7,12-14,17,19H,4,8-11H2,1-3H3/t13-,14+,17?/m0/s1. The first kappa shape index (κ1) is 15.7. The van der Waals surface area contributed by atoms with Crippen LogP contribution < -0.4 is 0 Å². The first-order valence-electron chi connectivity index (χ1n) is 7.74. The SMILES string of the molecule is CCSCCN1CC[C@H](C)[C@@H](C)C1c1cccc(O)c1. The van der Waals surface area contributed by atoms with Gasteiger partial charge >= 0.3 is 0 Å². The zero-order valence-electron chi connectivity index (χ0n) is 12.9. The predicted octanol–water partition coefficient (Wildman–Crippen LogP) is 4.16. The molecule has 1 aromatic carbocycles. The van der Waals surface area contributed by atoms with Crippen LogP contribution >= 0.6 is 11.8 Å². The Morgan fingerprint density at radius 1 is 1.35 bits per heavy atom. The first-order chi connectivity index (χ1) is 9.63. The monoisotopic (exact) mass is 293 g/mol. The van der Waals surface area contributed by atoms with Crippen molar-refractivity contribution >= 4 is 11.8 Å². The number of aromatic hydroxyl groups is 1. The van der Waals surface area contributed by atoms with Gasteiger partial charge in [0.15, 0.2) is 0 Å². The maximum Gasteiger partial charge on any atom is 0.115 e. The van der Waals surface area contributed by atoms with Gasteiger partial charge in [-0.2, -0.15) is 11.8 Å². The summed E-state index contributed by atoms with van der Waals surface area (Å²) in [6, 6.07) is 8.29. The number of likely N-dealkylation sites (tertiary alicyclic amines) is 1. The third-order valence-electron chi connectivity index (χ3n) is 4.60. The molecule has 112 valence electrons. The molecule has 0 aliphatic carbocycles. The van der Waals surface area contributed by atoms with E-state index in [2.05, 4.69) is 31.7 Å². The van der Waals surface area contributed by atoms with Crippen molar-refractivity contribution in [3.05, 3.63) is 29.8 Å². The molecule has 1 aromatic rings. The van der Waals surface area contributed by atoms with E-state index in [1.54, 1.807) is 6.07 Å². The van der Waals surface area contributed by atoms with Gasteiger partial charge in [0.25, 0.3) is 0 Å². The summed E-state index contributed by atoms with van der Waals surface area (Å²) < 4.78 is 0. The van der Waals surface area contributed by atoms with Crippen molar-refractivity contribution in [1.82, 2.24) is 4.90 Å². The minimum atomic E-state index is 0.385. The Morgan fingerprint density at radius 3 is 2.85 bits per heavy atom. The Balaban J connectivity index is 2.17. The van der Waals surface area contributed by atoms with Crippen LogP contribution in [0.4, 0.5) is 0 Å². The van der Waals surface area contributed by atoms with E-state index in [0.717, 1.165) is 12.5 Å². The van der Waals surface area contributed by atoms with Gasteiger partial charge in [-0.15, -0.1) is 0 Å². The van der Waals surface area contributed by atoms with Crippen molar-refractivity contribution in [3.63, 3.8) is 0 Å². The average Bonchev–Trinajstić information content (AvgIpc) is 2.43. The summed E-state index contributed by atoms with van der Waals surface area (Å²) in [5, 5.41) is 9.77. The van der Waals surface area contributed by atoms with Gasteiger partial charge in [-0.1, -0.05) is 32.9 Å². The van der Waals surface area contributed by atoms with Crippen LogP contribution in [0.3, 0.4) is 0 Å². The number of hydrogen-bond donors (Lipinski definition) is 1. The van der Waals surface area contributed by atoms with E-state index in [0.29, 0.717) is 17.7 Å². The maximum atomic E-state index is 9.77. The Morgan fingerprint density at radius 2 is 2.15 bits per heavy atom. The molecule has 1 N–H and O–H groups in total. The zero-order chi connectivity index (χ0) is 14.5. The molecule has 0 bridgehead atoms. The molecule has 0 aromatic heterocycles. The number of rotatable bonds is 5. The van der Waals surface area contributed by atoms with Crippen molar-refractivity contribution in [3.8, 4) is 5.75 Å². The number of phenols is 1. The van der Waals surface area contributed by atoms with Gasteiger partial charge in [-0.3, -0.25) is 4.90 Å². The molecule has 1 unspecified atom stereocenters. The second kappa shape index (κ2) is 7.37. The lowest BCUT2D eigenvalue weighted by molar-refractivity contribution is 0.0691. The summed E-state index contributed by atoms with van der Waals surface area (Å²) in [6.45, 7) is 9.27. The molecule has 1 fully saturated rings. The van der Waals surface area contributed by atoms with E-state index in [1.165, 1.54) is 30.0 Å². The Hall–Kier alpha value is -0.670. The molecule has 1 aliphatic rings. The fraction of sp³-hybridized carbons (Fsp3) is 0.647. The normalized spacial score (nSPS) is 27.6. The van der Waals surface area contributed by atoms with Crippen LogP contribution in [0, 0.1) is 11.8 Å². The van der Waals surface area contributed by atoms with Gasteiger partial charge in [0, 0.05) is 18.3 Å². The number of piperidine rings is 1. The second-order valence-corrected chi connectivity index (χ2v) is 7.29. The average molecular weight is 293 g/mol. The number of benzene rings is 1. The van der Waals surface area contributed by atoms with Gasteiger partial charge in [-0.05, 0) is 48.3 Å². The molecule has 3 heteroatoms. The maximum absolute atomic E-state index is 9.77. The van der Waals surface area contributed by atoms with Crippen LogP contribution in [-0.2, 0) is 0 Å². The van der Waals surface area contributed by atoms with E-state index >= 15 is 0 Å². The summed E-state index contributed by atoms with van der Waals surface area (Å²) in [4.78, 5) is 2.61. The summed E-state index contributed by atoms with van der Waals surface area (Å²) in [7, 11) is 0. The van der Waals surface area contributed by atoms with E-state index < -0.39 is 0 Å². The lowest BCUT2D eigenvalue weighted by atomic mass is 9.79. The van der Waals surface area contributed by atoms with Gasteiger partial charge in [0.2, 0.25) is 0 Å². The quantitative estimate of drug-likeness (QED) is 0.824. The third kappa shape index (κ3) is 3.70. The van der Waals surface area contributed by atoms with Gasteiger partial charge < -0.3 is 5.11 Å². The highest BCUT2D eigenvalue weighted by atomic mass is 32.2. The molecular weight excluding hydrogens is 266 g/mol. The smallest absolute Gasteiger partial charge is 0.115 e. The Labute approximate surface area is 127 Å². The molecule has 0 amide bonds. The second-order valence-electron chi connectivity index (χ2n) is 5.90. The third-order valence-corrected chi connectivity index (χ3v) is 5.48. The lowest BCUT2D eigenvalue weighted by Gasteiger charge is -2.43. The van der Waals surface area contributed by atoms with Crippen LogP contribution in [0.2, 0.25) is 0 Å². The molecule has 1 saturated heterocycles.